The lowest BCUT2D eigenvalue weighted by Crippen LogP contribution is -2.48. The van der Waals surface area contributed by atoms with E-state index < -0.39 is 0 Å². The number of piperazine rings is 1. The Morgan fingerprint density at radius 3 is 2.71 bits per heavy atom. The van der Waals surface area contributed by atoms with Gasteiger partial charge in [-0.1, -0.05) is 18.2 Å². The van der Waals surface area contributed by atoms with Crippen LogP contribution in [0.25, 0.3) is 16.7 Å². The molecule has 0 spiro atoms. The van der Waals surface area contributed by atoms with Crippen LogP contribution >= 0.6 is 0 Å². The highest BCUT2D eigenvalue weighted by Gasteiger charge is 2.24. The summed E-state index contributed by atoms with van der Waals surface area (Å²) in [5, 5.41) is 4.88. The molecular weight excluding hydrogens is 356 g/mol. The number of hydrogen-bond acceptors (Lipinski definition) is 6. The molecule has 1 aromatic carbocycles. The molecule has 2 aliphatic rings. The van der Waals surface area contributed by atoms with Gasteiger partial charge in [0.15, 0.2) is 5.65 Å². The molecule has 0 saturated carbocycles. The Morgan fingerprint density at radius 2 is 1.96 bits per heavy atom. The lowest BCUT2D eigenvalue weighted by molar-refractivity contribution is 0.164. The van der Waals surface area contributed by atoms with Gasteiger partial charge < -0.3 is 9.64 Å². The lowest BCUT2D eigenvalue weighted by Gasteiger charge is -2.35. The summed E-state index contributed by atoms with van der Waals surface area (Å²) in [6, 6.07) is 9.77. The van der Waals surface area contributed by atoms with Crippen LogP contribution in [0.4, 0.5) is 5.95 Å². The highest BCUT2D eigenvalue weighted by molar-refractivity contribution is 5.76. The highest BCUT2D eigenvalue weighted by Crippen LogP contribution is 2.19. The SMILES string of the molecule is O=c1[nH]c(N2CCN(CC3CCOC3)CC2)nc2c1cnn2-c1ccccc1. The quantitative estimate of drug-likeness (QED) is 0.734. The van der Waals surface area contributed by atoms with E-state index in [9.17, 15) is 4.79 Å². The van der Waals surface area contributed by atoms with Crippen molar-refractivity contribution in [1.82, 2.24) is 24.6 Å². The maximum atomic E-state index is 12.6. The molecule has 1 N–H and O–H groups in total. The van der Waals surface area contributed by atoms with Crippen LogP contribution in [0.5, 0.6) is 0 Å². The van der Waals surface area contributed by atoms with Crippen LogP contribution in [-0.4, -0.2) is 70.6 Å². The van der Waals surface area contributed by atoms with Crippen molar-refractivity contribution in [2.75, 3.05) is 50.8 Å². The Balaban J connectivity index is 1.37. The predicted molar refractivity (Wildman–Crippen MR) is 107 cm³/mol. The standard InChI is InChI=1S/C20H24N6O2/c27-19-17-12-21-26(16-4-2-1-3-5-16)18(17)22-20(23-19)25-9-7-24(8-10-25)13-15-6-11-28-14-15/h1-5,12,15H,6-11,13-14H2,(H,22,23,27). The Bertz CT molecular complexity index is 1000. The summed E-state index contributed by atoms with van der Waals surface area (Å²) in [7, 11) is 0. The molecule has 2 saturated heterocycles. The molecule has 2 aliphatic heterocycles. The summed E-state index contributed by atoms with van der Waals surface area (Å²) >= 11 is 0. The summed E-state index contributed by atoms with van der Waals surface area (Å²) in [6.07, 6.45) is 2.74. The molecule has 8 nitrogen and oxygen atoms in total. The summed E-state index contributed by atoms with van der Waals surface area (Å²) in [5.74, 6) is 1.28. The molecule has 2 fully saturated rings. The number of aromatic amines is 1. The lowest BCUT2D eigenvalue weighted by atomic mass is 10.1. The number of aromatic nitrogens is 4. The van der Waals surface area contributed by atoms with Gasteiger partial charge in [0.05, 0.1) is 18.5 Å². The first-order valence-corrected chi connectivity index (χ1v) is 9.86. The van der Waals surface area contributed by atoms with E-state index in [2.05, 4.69) is 19.9 Å². The number of ether oxygens (including phenoxy) is 1. The van der Waals surface area contributed by atoms with Gasteiger partial charge in [0.25, 0.3) is 5.56 Å². The summed E-state index contributed by atoms with van der Waals surface area (Å²) in [4.78, 5) is 24.9. The van der Waals surface area contributed by atoms with E-state index in [4.69, 9.17) is 9.72 Å². The van der Waals surface area contributed by atoms with Crippen molar-refractivity contribution in [3.8, 4) is 5.69 Å². The van der Waals surface area contributed by atoms with E-state index >= 15 is 0 Å². The fourth-order valence-electron chi connectivity index (χ4n) is 4.05. The number of benzene rings is 1. The molecule has 2 aromatic heterocycles. The van der Waals surface area contributed by atoms with Gasteiger partial charge >= 0.3 is 0 Å². The van der Waals surface area contributed by atoms with Gasteiger partial charge in [-0.3, -0.25) is 14.7 Å². The summed E-state index contributed by atoms with van der Waals surface area (Å²) in [6.45, 7) is 6.51. The molecule has 146 valence electrons. The van der Waals surface area contributed by atoms with Gasteiger partial charge in [-0.25, -0.2) is 4.68 Å². The zero-order valence-corrected chi connectivity index (χ0v) is 15.8. The molecule has 1 unspecified atom stereocenters. The van der Waals surface area contributed by atoms with Crippen molar-refractivity contribution >= 4 is 17.0 Å². The Kier molecular flexibility index (Phi) is 4.58. The molecule has 1 atom stereocenters. The van der Waals surface area contributed by atoms with E-state index in [1.807, 2.05) is 30.3 Å². The first-order chi connectivity index (χ1) is 13.8. The normalized spacial score (nSPS) is 20.9. The molecule has 0 aliphatic carbocycles. The van der Waals surface area contributed by atoms with E-state index in [0.29, 0.717) is 22.9 Å². The number of nitrogens with one attached hydrogen (secondary N) is 1. The van der Waals surface area contributed by atoms with Gasteiger partial charge in [-0.15, -0.1) is 0 Å². The minimum absolute atomic E-state index is 0.146. The number of rotatable bonds is 4. The van der Waals surface area contributed by atoms with E-state index in [-0.39, 0.29) is 5.56 Å². The van der Waals surface area contributed by atoms with Gasteiger partial charge in [0.1, 0.15) is 5.39 Å². The maximum absolute atomic E-state index is 12.6. The van der Waals surface area contributed by atoms with Crippen molar-refractivity contribution in [2.24, 2.45) is 5.92 Å². The molecule has 0 radical (unpaired) electrons. The number of fused-ring (bicyclic) bond motifs is 1. The minimum Gasteiger partial charge on any atom is -0.381 e. The van der Waals surface area contributed by atoms with Gasteiger partial charge in [-0.05, 0) is 24.5 Å². The van der Waals surface area contributed by atoms with Crippen LogP contribution in [0.15, 0.2) is 41.3 Å². The smallest absolute Gasteiger partial charge is 0.263 e. The Morgan fingerprint density at radius 1 is 1.14 bits per heavy atom. The first-order valence-electron chi connectivity index (χ1n) is 9.86. The van der Waals surface area contributed by atoms with Crippen molar-refractivity contribution in [1.29, 1.82) is 0 Å². The third-order valence-corrected chi connectivity index (χ3v) is 5.64. The van der Waals surface area contributed by atoms with Crippen molar-refractivity contribution in [3.63, 3.8) is 0 Å². The maximum Gasteiger partial charge on any atom is 0.263 e. The third-order valence-electron chi connectivity index (χ3n) is 5.64. The molecule has 28 heavy (non-hydrogen) atoms. The van der Waals surface area contributed by atoms with E-state index in [1.165, 1.54) is 0 Å². The van der Waals surface area contributed by atoms with Crippen LogP contribution in [0.3, 0.4) is 0 Å². The average molecular weight is 380 g/mol. The molecule has 4 heterocycles. The monoisotopic (exact) mass is 380 g/mol. The largest absolute Gasteiger partial charge is 0.381 e. The van der Waals surface area contributed by atoms with Gasteiger partial charge in [0, 0.05) is 39.3 Å². The fraction of sp³-hybridized carbons (Fsp3) is 0.450. The van der Waals surface area contributed by atoms with Crippen LogP contribution < -0.4 is 10.5 Å². The Hall–Kier alpha value is -2.71. The molecule has 3 aromatic rings. The first kappa shape index (κ1) is 17.4. The van der Waals surface area contributed by atoms with Crippen molar-refractivity contribution in [2.45, 2.75) is 6.42 Å². The highest BCUT2D eigenvalue weighted by atomic mass is 16.5. The fourth-order valence-corrected chi connectivity index (χ4v) is 4.05. The van der Waals surface area contributed by atoms with Crippen molar-refractivity contribution in [3.05, 3.63) is 46.9 Å². The second kappa shape index (κ2) is 7.37. The number of hydrogen-bond donors (Lipinski definition) is 1. The zero-order valence-electron chi connectivity index (χ0n) is 15.8. The van der Waals surface area contributed by atoms with Crippen LogP contribution in [0, 0.1) is 5.92 Å². The number of anilines is 1. The van der Waals surface area contributed by atoms with Gasteiger partial charge in [-0.2, -0.15) is 10.1 Å². The van der Waals surface area contributed by atoms with E-state index in [1.54, 1.807) is 10.9 Å². The van der Waals surface area contributed by atoms with Gasteiger partial charge in [0.2, 0.25) is 5.95 Å². The molecule has 0 amide bonds. The summed E-state index contributed by atoms with van der Waals surface area (Å²) < 4.78 is 7.21. The second-order valence-electron chi connectivity index (χ2n) is 7.54. The molecular formula is C20H24N6O2. The topological polar surface area (TPSA) is 79.3 Å². The number of H-pyrrole nitrogens is 1. The van der Waals surface area contributed by atoms with Crippen LogP contribution in [0.2, 0.25) is 0 Å². The third kappa shape index (κ3) is 3.29. The van der Waals surface area contributed by atoms with Crippen molar-refractivity contribution < 1.29 is 4.74 Å². The zero-order chi connectivity index (χ0) is 18.9. The number of para-hydroxylation sites is 1. The van der Waals surface area contributed by atoms with E-state index in [0.717, 1.165) is 58.0 Å². The summed E-state index contributed by atoms with van der Waals surface area (Å²) in [5.41, 5.74) is 1.34. The van der Waals surface area contributed by atoms with Crippen LogP contribution in [0.1, 0.15) is 6.42 Å². The Labute approximate surface area is 162 Å². The molecule has 5 rings (SSSR count). The molecule has 0 bridgehead atoms. The minimum atomic E-state index is -0.146. The number of nitrogens with zero attached hydrogens (tertiary/aromatic N) is 5. The average Bonchev–Trinajstić information content (AvgIpc) is 3.39. The molecule has 8 heteroatoms. The predicted octanol–water partition coefficient (Wildman–Crippen LogP) is 1.27. The van der Waals surface area contributed by atoms with Crippen LogP contribution in [-0.2, 0) is 4.74 Å². The second-order valence-corrected chi connectivity index (χ2v) is 7.54.